The van der Waals surface area contributed by atoms with E-state index in [1.54, 1.807) is 6.92 Å². The maximum Gasteiger partial charge on any atom is 0.262 e. The summed E-state index contributed by atoms with van der Waals surface area (Å²) in [6.45, 7) is 1.75. The molecule has 0 saturated heterocycles. The Hall–Kier alpha value is -1.60. The van der Waals surface area contributed by atoms with E-state index in [2.05, 4.69) is 27.9 Å². The number of hydrogen-bond acceptors (Lipinski definition) is 3. The number of aryl methyl sites for hydroxylation is 1. The summed E-state index contributed by atoms with van der Waals surface area (Å²) in [6, 6.07) is 15.2. The van der Waals surface area contributed by atoms with Crippen LogP contribution < -0.4 is 10.1 Å². The smallest absolute Gasteiger partial charge is 0.262 e. The summed E-state index contributed by atoms with van der Waals surface area (Å²) < 4.78 is 6.55. The molecule has 2 N–H and O–H groups in total. The topological polar surface area (TPSA) is 58.6 Å². The second kappa shape index (κ2) is 8.88. The number of carbonyl (C=O) groups is 1. The molecule has 2 aromatic rings. The molecule has 122 valence electrons. The Kier molecular flexibility index (Phi) is 6.85. The monoisotopic (exact) mass is 425 g/mol. The molecular weight excluding hydrogens is 405 g/mol. The number of ether oxygens (including phenoxy) is 1. The fraction of sp³-hybridized carbons (Fsp3) is 0.278. The number of benzene rings is 2. The van der Waals surface area contributed by atoms with Gasteiger partial charge in [0.25, 0.3) is 5.91 Å². The molecule has 0 radical (unpaired) electrons. The Labute approximate surface area is 150 Å². The Morgan fingerprint density at radius 1 is 1.26 bits per heavy atom. The van der Waals surface area contributed by atoms with Crippen molar-refractivity contribution in [2.24, 2.45) is 0 Å². The van der Waals surface area contributed by atoms with Gasteiger partial charge < -0.3 is 15.2 Å². The summed E-state index contributed by atoms with van der Waals surface area (Å²) in [5, 5.41) is 12.1. The van der Waals surface area contributed by atoms with Crippen molar-refractivity contribution in [1.29, 1.82) is 0 Å². The van der Waals surface area contributed by atoms with Crippen LogP contribution in [0, 0.1) is 3.57 Å². The molecule has 1 atom stereocenters. The van der Waals surface area contributed by atoms with Gasteiger partial charge in [-0.15, -0.1) is 0 Å². The molecule has 0 fully saturated rings. The number of hydrogen-bond donors (Lipinski definition) is 2. The minimum atomic E-state index is -0.296. The van der Waals surface area contributed by atoms with Crippen molar-refractivity contribution in [3.8, 4) is 5.75 Å². The van der Waals surface area contributed by atoms with Gasteiger partial charge in [-0.3, -0.25) is 4.79 Å². The molecule has 0 aromatic heterocycles. The van der Waals surface area contributed by atoms with Gasteiger partial charge in [0, 0.05) is 9.26 Å². The third kappa shape index (κ3) is 6.58. The second-order valence-electron chi connectivity index (χ2n) is 5.38. The lowest BCUT2D eigenvalue weighted by Gasteiger charge is -2.09. The summed E-state index contributed by atoms with van der Waals surface area (Å²) >= 11 is 2.20. The second-order valence-corrected chi connectivity index (χ2v) is 6.62. The van der Waals surface area contributed by atoms with Crippen LogP contribution in [0.2, 0.25) is 0 Å². The lowest BCUT2D eigenvalue weighted by Crippen LogP contribution is -2.20. The van der Waals surface area contributed by atoms with E-state index in [1.165, 1.54) is 0 Å². The number of halogens is 1. The van der Waals surface area contributed by atoms with Crippen molar-refractivity contribution in [3.05, 3.63) is 57.7 Å². The molecule has 0 aliphatic heterocycles. The highest BCUT2D eigenvalue weighted by atomic mass is 127. The molecular formula is C18H20INO3. The van der Waals surface area contributed by atoms with Gasteiger partial charge in [-0.25, -0.2) is 0 Å². The van der Waals surface area contributed by atoms with Gasteiger partial charge in [0.05, 0.1) is 6.10 Å². The largest absolute Gasteiger partial charge is 0.484 e. The van der Waals surface area contributed by atoms with Gasteiger partial charge in [0.1, 0.15) is 5.75 Å². The van der Waals surface area contributed by atoms with Gasteiger partial charge in [0.2, 0.25) is 0 Å². The average Bonchev–Trinajstić information content (AvgIpc) is 2.52. The predicted molar refractivity (Wildman–Crippen MR) is 99.7 cm³/mol. The van der Waals surface area contributed by atoms with Gasteiger partial charge in [0.15, 0.2) is 6.61 Å². The fourth-order valence-corrected chi connectivity index (χ4v) is 2.58. The van der Waals surface area contributed by atoms with E-state index in [0.717, 1.165) is 27.7 Å². The summed E-state index contributed by atoms with van der Waals surface area (Å²) in [5.74, 6) is 0.466. The lowest BCUT2D eigenvalue weighted by molar-refractivity contribution is -0.118. The van der Waals surface area contributed by atoms with Gasteiger partial charge >= 0.3 is 0 Å². The van der Waals surface area contributed by atoms with Gasteiger partial charge in [-0.2, -0.15) is 0 Å². The van der Waals surface area contributed by atoms with Crippen LogP contribution in [-0.4, -0.2) is 23.7 Å². The molecule has 0 aliphatic rings. The van der Waals surface area contributed by atoms with Crippen LogP contribution >= 0.6 is 22.6 Å². The Morgan fingerprint density at radius 3 is 2.65 bits per heavy atom. The first-order chi connectivity index (χ1) is 11.0. The van der Waals surface area contributed by atoms with E-state index in [1.807, 2.05) is 48.5 Å². The molecule has 0 bridgehead atoms. The third-order valence-corrected chi connectivity index (χ3v) is 3.92. The number of aliphatic hydroxyl groups is 1. The number of rotatable bonds is 7. The van der Waals surface area contributed by atoms with Crippen molar-refractivity contribution in [1.82, 2.24) is 0 Å². The average molecular weight is 425 g/mol. The van der Waals surface area contributed by atoms with E-state index in [0.29, 0.717) is 5.75 Å². The first kappa shape index (κ1) is 17.7. The van der Waals surface area contributed by atoms with E-state index >= 15 is 0 Å². The van der Waals surface area contributed by atoms with Crippen LogP contribution in [0.5, 0.6) is 5.75 Å². The van der Waals surface area contributed by atoms with Crippen LogP contribution in [0.4, 0.5) is 5.69 Å². The van der Waals surface area contributed by atoms with Crippen LogP contribution in [0.1, 0.15) is 18.9 Å². The summed E-state index contributed by atoms with van der Waals surface area (Å²) in [4.78, 5) is 11.9. The maximum absolute atomic E-state index is 11.9. The van der Waals surface area contributed by atoms with E-state index in [-0.39, 0.29) is 18.6 Å². The van der Waals surface area contributed by atoms with Gasteiger partial charge in [-0.05, 0) is 78.3 Å². The zero-order valence-corrected chi connectivity index (χ0v) is 15.1. The molecule has 0 heterocycles. The number of aliphatic hydroxyl groups excluding tert-OH is 1. The number of anilines is 1. The highest BCUT2D eigenvalue weighted by molar-refractivity contribution is 14.1. The minimum absolute atomic E-state index is 0.0293. The Bertz CT molecular complexity index is 641. The Morgan fingerprint density at radius 2 is 2.00 bits per heavy atom. The number of nitrogens with one attached hydrogen (secondary N) is 1. The molecule has 2 rings (SSSR count). The van der Waals surface area contributed by atoms with E-state index in [9.17, 15) is 9.90 Å². The van der Waals surface area contributed by atoms with Crippen LogP contribution in [0.3, 0.4) is 0 Å². The molecule has 2 aromatic carbocycles. The predicted octanol–water partition coefficient (Wildman–Crippen LogP) is 3.62. The molecule has 0 saturated carbocycles. The summed E-state index contributed by atoms with van der Waals surface area (Å²) in [5.41, 5.74) is 1.90. The lowest BCUT2D eigenvalue weighted by atomic mass is 10.1. The van der Waals surface area contributed by atoms with E-state index < -0.39 is 0 Å². The van der Waals surface area contributed by atoms with E-state index in [4.69, 9.17) is 4.74 Å². The highest BCUT2D eigenvalue weighted by Crippen LogP contribution is 2.15. The number of amides is 1. The minimum Gasteiger partial charge on any atom is -0.484 e. The van der Waals surface area contributed by atoms with Crippen LogP contribution in [0.15, 0.2) is 48.5 Å². The highest BCUT2D eigenvalue weighted by Gasteiger charge is 2.05. The number of carbonyl (C=O) groups excluding carboxylic acids is 1. The van der Waals surface area contributed by atoms with Gasteiger partial charge in [-0.1, -0.05) is 18.2 Å². The third-order valence-electron chi connectivity index (χ3n) is 3.25. The molecule has 0 spiro atoms. The molecule has 0 unspecified atom stereocenters. The first-order valence-electron chi connectivity index (χ1n) is 7.48. The molecule has 5 heteroatoms. The normalized spacial score (nSPS) is 11.8. The van der Waals surface area contributed by atoms with Crippen molar-refractivity contribution in [3.63, 3.8) is 0 Å². The quantitative estimate of drug-likeness (QED) is 0.667. The summed E-state index contributed by atoms with van der Waals surface area (Å²) in [6.07, 6.45) is 1.26. The standard InChI is InChI=1S/C18H20INO3/c1-13(21)5-6-14-7-9-17(10-8-14)23-12-18(22)20-16-4-2-3-15(19)11-16/h2-4,7-11,13,21H,5-6,12H2,1H3,(H,20,22)/t13-/m0/s1. The zero-order valence-electron chi connectivity index (χ0n) is 13.0. The van der Waals surface area contributed by atoms with Crippen LogP contribution in [-0.2, 0) is 11.2 Å². The zero-order chi connectivity index (χ0) is 16.7. The van der Waals surface area contributed by atoms with Crippen molar-refractivity contribution in [2.45, 2.75) is 25.9 Å². The molecule has 0 aliphatic carbocycles. The first-order valence-corrected chi connectivity index (χ1v) is 8.56. The van der Waals surface area contributed by atoms with Crippen LogP contribution in [0.25, 0.3) is 0 Å². The SMILES string of the molecule is C[C@H](O)CCc1ccc(OCC(=O)Nc2cccc(I)c2)cc1. The molecule has 4 nitrogen and oxygen atoms in total. The molecule has 23 heavy (non-hydrogen) atoms. The van der Waals surface area contributed by atoms with Crippen molar-refractivity contribution >= 4 is 34.2 Å². The Balaban J connectivity index is 1.80. The van der Waals surface area contributed by atoms with Crippen molar-refractivity contribution < 1.29 is 14.6 Å². The maximum atomic E-state index is 11.9. The van der Waals surface area contributed by atoms with Crippen molar-refractivity contribution in [2.75, 3.05) is 11.9 Å². The molecule has 1 amide bonds. The summed E-state index contributed by atoms with van der Waals surface area (Å²) in [7, 11) is 0. The fourth-order valence-electron chi connectivity index (χ4n) is 2.04.